The van der Waals surface area contributed by atoms with Crippen molar-refractivity contribution in [3.63, 3.8) is 0 Å². The van der Waals surface area contributed by atoms with E-state index in [-0.39, 0.29) is 36.2 Å². The van der Waals surface area contributed by atoms with Crippen LogP contribution < -0.4 is 10.6 Å². The monoisotopic (exact) mass is 466 g/mol. The summed E-state index contributed by atoms with van der Waals surface area (Å²) in [6, 6.07) is 3.95. The lowest BCUT2D eigenvalue weighted by Crippen LogP contribution is -2.61. The Hall–Kier alpha value is -1.64. The van der Waals surface area contributed by atoms with Crippen molar-refractivity contribution in [3.05, 3.63) is 22.4 Å². The summed E-state index contributed by atoms with van der Waals surface area (Å²) in [4.78, 5) is 26.1. The first kappa shape index (κ1) is 25.0. The van der Waals surface area contributed by atoms with Gasteiger partial charge < -0.3 is 25.6 Å². The van der Waals surface area contributed by atoms with Crippen LogP contribution in [0.15, 0.2) is 17.5 Å². The summed E-state index contributed by atoms with van der Waals surface area (Å²) in [5.74, 6) is -0.228. The number of aliphatic hydroxyl groups excluding tert-OH is 2. The zero-order valence-electron chi connectivity index (χ0n) is 19.4. The SMILES string of the molecule is CCCNC(=O)O[C@H]1CC[C@@]2(C)[C@@H](CC[C@@H](O)[C@H]2CC(=O)NCc2cccs2)[C@]1(C)CO. The van der Waals surface area contributed by atoms with Gasteiger partial charge in [0.2, 0.25) is 5.91 Å². The Kier molecular flexibility index (Phi) is 8.22. The molecule has 2 saturated carbocycles. The molecule has 2 fully saturated rings. The molecule has 0 spiro atoms. The molecule has 0 aliphatic heterocycles. The summed E-state index contributed by atoms with van der Waals surface area (Å²) in [6.07, 6.45) is 2.33. The smallest absolute Gasteiger partial charge is 0.407 e. The van der Waals surface area contributed by atoms with E-state index in [4.69, 9.17) is 4.74 Å². The highest BCUT2D eigenvalue weighted by Crippen LogP contribution is 2.61. The fourth-order valence-electron chi connectivity index (χ4n) is 6.05. The van der Waals surface area contributed by atoms with E-state index in [2.05, 4.69) is 17.6 Å². The molecule has 6 atom stereocenters. The molecule has 0 radical (unpaired) electrons. The molecular weight excluding hydrogens is 428 g/mol. The second kappa shape index (κ2) is 10.5. The predicted molar refractivity (Wildman–Crippen MR) is 124 cm³/mol. The van der Waals surface area contributed by atoms with Crippen molar-refractivity contribution in [2.75, 3.05) is 13.2 Å². The highest BCUT2D eigenvalue weighted by Gasteiger charge is 2.60. The molecule has 1 aromatic rings. The molecule has 2 aliphatic rings. The Balaban J connectivity index is 1.72. The molecule has 4 N–H and O–H groups in total. The molecule has 0 unspecified atom stereocenters. The quantitative estimate of drug-likeness (QED) is 0.469. The lowest BCUT2D eigenvalue weighted by Gasteiger charge is -2.60. The molecular formula is C24H38N2O5S. The molecule has 3 rings (SSSR count). The van der Waals surface area contributed by atoms with Gasteiger partial charge in [-0.1, -0.05) is 26.8 Å². The van der Waals surface area contributed by atoms with E-state index in [1.165, 1.54) is 0 Å². The summed E-state index contributed by atoms with van der Waals surface area (Å²) < 4.78 is 5.77. The largest absolute Gasteiger partial charge is 0.446 e. The van der Waals surface area contributed by atoms with Crippen LogP contribution in [0, 0.1) is 22.7 Å². The topological polar surface area (TPSA) is 108 Å². The summed E-state index contributed by atoms with van der Waals surface area (Å²) in [5, 5.41) is 29.1. The number of rotatable bonds is 8. The molecule has 8 heteroatoms. The standard InChI is InChI=1S/C24H38N2O5S/c1-4-11-25-22(30)31-20-9-10-23(2)17(13-21(29)26-14-16-6-5-12-32-16)18(28)7-8-19(23)24(20,3)15-27/h5-6,12,17-20,27-28H,4,7-11,13-15H2,1-3H3,(H,25,30)(H,26,29)/t17-,18-,19-,20+,23-,24+/m1/s1. The van der Waals surface area contributed by atoms with Crippen LogP contribution in [0.5, 0.6) is 0 Å². The van der Waals surface area contributed by atoms with Crippen molar-refractivity contribution in [3.8, 4) is 0 Å². The van der Waals surface area contributed by atoms with Crippen LogP contribution in [0.1, 0.15) is 64.2 Å². The van der Waals surface area contributed by atoms with Gasteiger partial charge in [0.05, 0.1) is 19.3 Å². The lowest BCUT2D eigenvalue weighted by atomic mass is 9.46. The van der Waals surface area contributed by atoms with E-state index in [0.717, 1.165) is 24.1 Å². The molecule has 7 nitrogen and oxygen atoms in total. The van der Waals surface area contributed by atoms with Crippen molar-refractivity contribution in [2.45, 2.75) is 78.0 Å². The maximum atomic E-state index is 12.8. The van der Waals surface area contributed by atoms with Gasteiger partial charge in [0.15, 0.2) is 0 Å². The molecule has 1 aromatic heterocycles. The van der Waals surface area contributed by atoms with Crippen molar-refractivity contribution in [1.82, 2.24) is 10.6 Å². The van der Waals surface area contributed by atoms with Crippen molar-refractivity contribution in [1.29, 1.82) is 0 Å². The van der Waals surface area contributed by atoms with Gasteiger partial charge in [-0.2, -0.15) is 0 Å². The maximum absolute atomic E-state index is 12.8. The van der Waals surface area contributed by atoms with Gasteiger partial charge in [0, 0.05) is 23.3 Å². The number of amides is 2. The Bertz CT molecular complexity index is 772. The van der Waals surface area contributed by atoms with Gasteiger partial charge in [0.1, 0.15) is 6.10 Å². The third-order valence-electron chi connectivity index (χ3n) is 7.89. The number of nitrogens with one attached hydrogen (secondary N) is 2. The van der Waals surface area contributed by atoms with Crippen LogP contribution in [-0.2, 0) is 16.1 Å². The fourth-order valence-corrected chi connectivity index (χ4v) is 6.69. The molecule has 0 saturated heterocycles. The third kappa shape index (κ3) is 5.13. The van der Waals surface area contributed by atoms with Gasteiger partial charge >= 0.3 is 6.09 Å². The number of hydrogen-bond donors (Lipinski definition) is 4. The van der Waals surface area contributed by atoms with Crippen LogP contribution in [-0.4, -0.2) is 47.6 Å². The maximum Gasteiger partial charge on any atom is 0.407 e. The summed E-state index contributed by atoms with van der Waals surface area (Å²) in [7, 11) is 0. The third-order valence-corrected chi connectivity index (χ3v) is 8.77. The van der Waals surface area contributed by atoms with Crippen LogP contribution in [0.3, 0.4) is 0 Å². The number of thiophene rings is 1. The van der Waals surface area contributed by atoms with Crippen LogP contribution >= 0.6 is 11.3 Å². The minimum Gasteiger partial charge on any atom is -0.446 e. The van der Waals surface area contributed by atoms with Gasteiger partial charge in [-0.15, -0.1) is 11.3 Å². The number of aliphatic hydroxyl groups is 2. The van der Waals surface area contributed by atoms with Crippen molar-refractivity contribution in [2.24, 2.45) is 22.7 Å². The van der Waals surface area contributed by atoms with E-state index in [0.29, 0.717) is 25.9 Å². The van der Waals surface area contributed by atoms with E-state index in [9.17, 15) is 19.8 Å². The minimum atomic E-state index is -0.623. The predicted octanol–water partition coefficient (Wildman–Crippen LogP) is 3.45. The Morgan fingerprint density at radius 1 is 1.25 bits per heavy atom. The lowest BCUT2D eigenvalue weighted by molar-refractivity contribution is -0.186. The summed E-state index contributed by atoms with van der Waals surface area (Å²) in [6.45, 7) is 7.05. The van der Waals surface area contributed by atoms with Gasteiger partial charge in [-0.3, -0.25) is 4.79 Å². The fraction of sp³-hybridized carbons (Fsp3) is 0.750. The molecule has 0 aromatic carbocycles. The zero-order valence-corrected chi connectivity index (χ0v) is 20.2. The highest BCUT2D eigenvalue weighted by atomic mass is 32.1. The van der Waals surface area contributed by atoms with E-state index < -0.39 is 23.7 Å². The number of hydrogen-bond acceptors (Lipinski definition) is 6. The highest BCUT2D eigenvalue weighted by molar-refractivity contribution is 7.09. The molecule has 32 heavy (non-hydrogen) atoms. The van der Waals surface area contributed by atoms with Crippen molar-refractivity contribution < 1.29 is 24.5 Å². The van der Waals surface area contributed by atoms with E-state index in [1.54, 1.807) is 11.3 Å². The number of carbonyl (C=O) groups is 2. The minimum absolute atomic E-state index is 0.0382. The van der Waals surface area contributed by atoms with E-state index >= 15 is 0 Å². The first-order valence-electron chi connectivity index (χ1n) is 11.8. The zero-order chi connectivity index (χ0) is 23.4. The molecule has 2 amide bonds. The second-order valence-corrected chi connectivity index (χ2v) is 10.9. The Morgan fingerprint density at radius 3 is 2.69 bits per heavy atom. The first-order valence-corrected chi connectivity index (χ1v) is 12.6. The summed E-state index contributed by atoms with van der Waals surface area (Å²) >= 11 is 1.60. The van der Waals surface area contributed by atoms with Crippen LogP contribution in [0.2, 0.25) is 0 Å². The molecule has 2 aliphatic carbocycles. The molecule has 0 bridgehead atoms. The normalized spacial score (nSPS) is 34.4. The molecule has 180 valence electrons. The number of fused-ring (bicyclic) bond motifs is 1. The Morgan fingerprint density at radius 2 is 2.03 bits per heavy atom. The average molecular weight is 467 g/mol. The number of carbonyl (C=O) groups excluding carboxylic acids is 2. The van der Waals surface area contributed by atoms with Gasteiger partial charge in [-0.05, 0) is 60.8 Å². The average Bonchev–Trinajstić information content (AvgIpc) is 3.29. The Labute approximate surface area is 194 Å². The van der Waals surface area contributed by atoms with Crippen LogP contribution in [0.25, 0.3) is 0 Å². The van der Waals surface area contributed by atoms with Gasteiger partial charge in [0.25, 0.3) is 0 Å². The summed E-state index contributed by atoms with van der Waals surface area (Å²) in [5.41, 5.74) is -0.947. The number of ether oxygens (including phenoxy) is 1. The number of alkyl carbamates (subject to hydrolysis) is 1. The van der Waals surface area contributed by atoms with E-state index in [1.807, 2.05) is 31.4 Å². The first-order chi connectivity index (χ1) is 15.2. The molecule has 1 heterocycles. The second-order valence-electron chi connectivity index (χ2n) is 9.89. The van der Waals surface area contributed by atoms with Crippen LogP contribution in [0.4, 0.5) is 4.79 Å². The van der Waals surface area contributed by atoms with Crippen molar-refractivity contribution >= 4 is 23.3 Å². The van der Waals surface area contributed by atoms with Gasteiger partial charge in [-0.25, -0.2) is 4.79 Å².